The number of anilines is 1. The molecular weight excluding hydrogens is 410 g/mol. The highest BCUT2D eigenvalue weighted by Gasteiger charge is 2.20. The quantitative estimate of drug-likeness (QED) is 0.437. The Morgan fingerprint density at radius 2 is 2.00 bits per heavy atom. The number of aromatic nitrogens is 2. The Morgan fingerprint density at radius 1 is 1.23 bits per heavy atom. The van der Waals surface area contributed by atoms with Crippen molar-refractivity contribution in [1.82, 2.24) is 9.55 Å². The van der Waals surface area contributed by atoms with E-state index in [1.54, 1.807) is 10.6 Å². The van der Waals surface area contributed by atoms with Crippen LogP contribution in [0.3, 0.4) is 0 Å². The van der Waals surface area contributed by atoms with Crippen molar-refractivity contribution in [3.8, 4) is 0 Å². The summed E-state index contributed by atoms with van der Waals surface area (Å²) in [5.41, 5.74) is 2.54. The predicted molar refractivity (Wildman–Crippen MR) is 125 cm³/mol. The van der Waals surface area contributed by atoms with Gasteiger partial charge in [0.1, 0.15) is 0 Å². The van der Waals surface area contributed by atoms with Gasteiger partial charge in [-0.05, 0) is 48.6 Å². The van der Waals surface area contributed by atoms with Crippen LogP contribution in [0.15, 0.2) is 58.5 Å². The summed E-state index contributed by atoms with van der Waals surface area (Å²) >= 11 is 1.28. The van der Waals surface area contributed by atoms with E-state index >= 15 is 0 Å². The van der Waals surface area contributed by atoms with Crippen LogP contribution in [0.5, 0.6) is 0 Å². The molecule has 1 saturated heterocycles. The largest absolute Gasteiger partial charge is 0.376 e. The predicted octanol–water partition coefficient (Wildman–Crippen LogP) is 4.43. The van der Waals surface area contributed by atoms with Crippen molar-refractivity contribution in [2.75, 3.05) is 17.7 Å². The summed E-state index contributed by atoms with van der Waals surface area (Å²) in [5, 5.41) is 4.05. The Kier molecular flexibility index (Phi) is 6.73. The lowest BCUT2D eigenvalue weighted by Gasteiger charge is -2.16. The number of carbonyl (C=O) groups is 1. The van der Waals surface area contributed by atoms with Crippen molar-refractivity contribution in [2.45, 2.75) is 50.4 Å². The molecule has 7 heteroatoms. The summed E-state index contributed by atoms with van der Waals surface area (Å²) in [6, 6.07) is 15.2. The molecule has 1 amide bonds. The maximum atomic E-state index is 13.1. The van der Waals surface area contributed by atoms with Gasteiger partial charge < -0.3 is 10.1 Å². The molecule has 2 heterocycles. The fraction of sp³-hybridized carbons (Fsp3) is 0.375. The van der Waals surface area contributed by atoms with Crippen molar-refractivity contribution >= 4 is 34.3 Å². The lowest BCUT2D eigenvalue weighted by atomic mass is 10.0. The van der Waals surface area contributed by atoms with Gasteiger partial charge in [0.2, 0.25) is 5.91 Å². The molecular formula is C24H27N3O3S. The molecule has 3 aromatic rings. The summed E-state index contributed by atoms with van der Waals surface area (Å²) in [4.78, 5) is 30.3. The molecule has 31 heavy (non-hydrogen) atoms. The second-order valence-electron chi connectivity index (χ2n) is 8.08. The molecule has 1 atom stereocenters. The summed E-state index contributed by atoms with van der Waals surface area (Å²) < 4.78 is 7.39. The minimum Gasteiger partial charge on any atom is -0.376 e. The van der Waals surface area contributed by atoms with E-state index in [0.717, 1.165) is 25.1 Å². The molecule has 0 spiro atoms. The molecule has 0 radical (unpaired) electrons. The maximum Gasteiger partial charge on any atom is 0.262 e. The molecule has 0 aliphatic carbocycles. The number of hydrogen-bond donors (Lipinski definition) is 1. The van der Waals surface area contributed by atoms with Gasteiger partial charge in [0.25, 0.3) is 5.56 Å². The fourth-order valence-electron chi connectivity index (χ4n) is 3.69. The van der Waals surface area contributed by atoms with Crippen LogP contribution in [0.1, 0.15) is 38.2 Å². The Hall–Kier alpha value is -2.64. The minimum atomic E-state index is -0.131. The van der Waals surface area contributed by atoms with E-state index in [9.17, 15) is 9.59 Å². The summed E-state index contributed by atoms with van der Waals surface area (Å²) in [6.07, 6.45) is 1.94. The van der Waals surface area contributed by atoms with Gasteiger partial charge in [-0.15, -0.1) is 0 Å². The summed E-state index contributed by atoms with van der Waals surface area (Å²) in [6.45, 7) is 5.45. The molecule has 6 nitrogen and oxygen atoms in total. The number of rotatable bonds is 7. The molecule has 4 rings (SSSR count). The van der Waals surface area contributed by atoms with Crippen LogP contribution in [0.25, 0.3) is 10.9 Å². The summed E-state index contributed by atoms with van der Waals surface area (Å²) in [5.74, 6) is 0.482. The monoisotopic (exact) mass is 437 g/mol. The summed E-state index contributed by atoms with van der Waals surface area (Å²) in [7, 11) is 0. The number of nitrogens with one attached hydrogen (secondary N) is 1. The number of benzene rings is 2. The lowest BCUT2D eigenvalue weighted by molar-refractivity contribution is -0.113. The van der Waals surface area contributed by atoms with Crippen LogP contribution in [-0.2, 0) is 16.1 Å². The normalized spacial score (nSPS) is 16.2. The van der Waals surface area contributed by atoms with Crippen molar-refractivity contribution in [3.63, 3.8) is 0 Å². The van der Waals surface area contributed by atoms with E-state index < -0.39 is 0 Å². The first-order chi connectivity index (χ1) is 15.0. The van der Waals surface area contributed by atoms with Crippen LogP contribution in [0, 0.1) is 0 Å². The van der Waals surface area contributed by atoms with E-state index in [-0.39, 0.29) is 23.3 Å². The third-order valence-corrected chi connectivity index (χ3v) is 6.41. The van der Waals surface area contributed by atoms with E-state index in [1.165, 1.54) is 17.3 Å². The molecule has 1 aliphatic rings. The van der Waals surface area contributed by atoms with Gasteiger partial charge in [-0.25, -0.2) is 4.98 Å². The Balaban J connectivity index is 1.51. The highest BCUT2D eigenvalue weighted by atomic mass is 32.2. The second-order valence-corrected chi connectivity index (χ2v) is 9.02. The number of fused-ring (bicyclic) bond motifs is 1. The van der Waals surface area contributed by atoms with Crippen LogP contribution < -0.4 is 10.9 Å². The van der Waals surface area contributed by atoms with Gasteiger partial charge >= 0.3 is 0 Å². The van der Waals surface area contributed by atoms with E-state index in [2.05, 4.69) is 24.1 Å². The van der Waals surface area contributed by atoms with Gasteiger partial charge in [-0.2, -0.15) is 0 Å². The van der Waals surface area contributed by atoms with Gasteiger partial charge in [-0.3, -0.25) is 14.2 Å². The van der Waals surface area contributed by atoms with E-state index in [0.29, 0.717) is 28.5 Å². The van der Waals surface area contributed by atoms with Crippen LogP contribution in [0.2, 0.25) is 0 Å². The molecule has 1 N–H and O–H groups in total. The number of para-hydroxylation sites is 1. The second kappa shape index (κ2) is 9.66. The van der Waals surface area contributed by atoms with Crippen LogP contribution >= 0.6 is 11.8 Å². The van der Waals surface area contributed by atoms with E-state index in [1.807, 2.05) is 42.5 Å². The Morgan fingerprint density at radius 3 is 2.71 bits per heavy atom. The van der Waals surface area contributed by atoms with Crippen molar-refractivity contribution in [3.05, 3.63) is 64.4 Å². The SMILES string of the molecule is CC(C)c1ccc(NC(=O)CSc2nc3ccccc3c(=O)n2CC2CCCO2)cc1. The number of nitrogens with zero attached hydrogens (tertiary/aromatic N) is 2. The Labute approximate surface area is 186 Å². The molecule has 162 valence electrons. The third-order valence-electron chi connectivity index (χ3n) is 5.43. The van der Waals surface area contributed by atoms with Crippen molar-refractivity contribution in [2.24, 2.45) is 0 Å². The topological polar surface area (TPSA) is 73.2 Å². The first-order valence-electron chi connectivity index (χ1n) is 10.6. The first kappa shape index (κ1) is 21.6. The molecule has 0 bridgehead atoms. The molecule has 1 fully saturated rings. The smallest absolute Gasteiger partial charge is 0.262 e. The average molecular weight is 438 g/mol. The molecule has 0 saturated carbocycles. The van der Waals surface area contributed by atoms with Crippen molar-refractivity contribution < 1.29 is 9.53 Å². The zero-order valence-electron chi connectivity index (χ0n) is 17.8. The Bertz CT molecular complexity index is 1120. The number of ether oxygens (including phenoxy) is 1. The third kappa shape index (κ3) is 5.17. The zero-order chi connectivity index (χ0) is 21.8. The first-order valence-corrected chi connectivity index (χ1v) is 11.6. The van der Waals surface area contributed by atoms with Crippen LogP contribution in [-0.4, -0.2) is 33.9 Å². The standard InChI is InChI=1S/C24H27N3O3S/c1-16(2)17-9-11-18(12-10-17)25-22(28)15-31-24-26-21-8-4-3-7-20(21)23(29)27(24)14-19-6-5-13-30-19/h3-4,7-12,16,19H,5-6,13-15H2,1-2H3,(H,25,28). The van der Waals surface area contributed by atoms with Gasteiger partial charge in [0.05, 0.1) is 29.3 Å². The van der Waals surface area contributed by atoms with Crippen LogP contribution in [0.4, 0.5) is 5.69 Å². The van der Waals surface area contributed by atoms with Gasteiger partial charge in [0.15, 0.2) is 5.16 Å². The van der Waals surface area contributed by atoms with Crippen molar-refractivity contribution in [1.29, 1.82) is 0 Å². The molecule has 1 aliphatic heterocycles. The number of thioether (sulfide) groups is 1. The zero-order valence-corrected chi connectivity index (χ0v) is 18.7. The molecule has 1 aromatic heterocycles. The minimum absolute atomic E-state index is 0.00769. The van der Waals surface area contributed by atoms with Gasteiger partial charge in [0, 0.05) is 12.3 Å². The fourth-order valence-corrected chi connectivity index (χ4v) is 4.50. The van der Waals surface area contributed by atoms with Gasteiger partial charge in [-0.1, -0.05) is 49.9 Å². The number of carbonyl (C=O) groups excluding carboxylic acids is 1. The highest BCUT2D eigenvalue weighted by molar-refractivity contribution is 7.99. The number of amides is 1. The average Bonchev–Trinajstić information content (AvgIpc) is 3.28. The van der Waals surface area contributed by atoms with E-state index in [4.69, 9.17) is 4.74 Å². The lowest BCUT2D eigenvalue weighted by Crippen LogP contribution is -2.29. The number of hydrogen-bond acceptors (Lipinski definition) is 5. The maximum absolute atomic E-state index is 13.1. The molecule has 1 unspecified atom stereocenters. The molecule has 2 aromatic carbocycles. The highest BCUT2D eigenvalue weighted by Crippen LogP contribution is 2.22.